The normalized spacial score (nSPS) is 13.4. The van der Waals surface area contributed by atoms with E-state index < -0.39 is 13.0 Å². The van der Waals surface area contributed by atoms with Crippen molar-refractivity contribution in [3.8, 4) is 0 Å². The summed E-state index contributed by atoms with van der Waals surface area (Å²) in [5.41, 5.74) is 0. The maximum Gasteiger partial charge on any atom is 0.201 e. The predicted octanol–water partition coefficient (Wildman–Crippen LogP) is 1.69. The summed E-state index contributed by atoms with van der Waals surface area (Å²) in [4.78, 5) is 0. The first-order valence-corrected chi connectivity index (χ1v) is 3.70. The molecule has 0 aromatic carbocycles. The van der Waals surface area contributed by atoms with Crippen molar-refractivity contribution < 1.29 is 18.3 Å². The van der Waals surface area contributed by atoms with Gasteiger partial charge in [-0.25, -0.2) is 4.39 Å². The number of ether oxygens (including phenoxy) is 2. The van der Waals surface area contributed by atoms with E-state index in [9.17, 15) is 8.78 Å². The monoisotopic (exact) mass is 168 g/mol. The molecule has 0 aliphatic heterocycles. The van der Waals surface area contributed by atoms with Crippen LogP contribution in [-0.2, 0) is 9.47 Å². The number of rotatable bonds is 7. The summed E-state index contributed by atoms with van der Waals surface area (Å²) < 4.78 is 33.2. The van der Waals surface area contributed by atoms with E-state index in [1.54, 1.807) is 0 Å². The van der Waals surface area contributed by atoms with Crippen LogP contribution in [-0.4, -0.2) is 32.9 Å². The number of alkyl halides is 2. The van der Waals surface area contributed by atoms with Crippen molar-refractivity contribution >= 4 is 0 Å². The standard InChI is InChI=1S/C7H14F2O2/c1-2-10-5-6-11-7(9)3-4-8/h7H,2-6H2,1H3. The molecule has 1 atom stereocenters. The van der Waals surface area contributed by atoms with E-state index in [4.69, 9.17) is 4.74 Å². The Labute approximate surface area is 65.5 Å². The van der Waals surface area contributed by atoms with Crippen LogP contribution in [0.3, 0.4) is 0 Å². The third kappa shape index (κ3) is 7.68. The van der Waals surface area contributed by atoms with Crippen LogP contribution < -0.4 is 0 Å². The van der Waals surface area contributed by atoms with Gasteiger partial charge in [0.15, 0.2) is 0 Å². The number of hydrogen-bond donors (Lipinski definition) is 0. The molecule has 0 heterocycles. The van der Waals surface area contributed by atoms with Gasteiger partial charge in [0.1, 0.15) is 0 Å². The molecule has 0 rings (SSSR count). The Morgan fingerprint density at radius 1 is 1.36 bits per heavy atom. The molecular weight excluding hydrogens is 154 g/mol. The second-order valence-electron chi connectivity index (χ2n) is 1.96. The summed E-state index contributed by atoms with van der Waals surface area (Å²) in [5, 5.41) is 0. The van der Waals surface area contributed by atoms with Crippen LogP contribution in [0.15, 0.2) is 0 Å². The van der Waals surface area contributed by atoms with Gasteiger partial charge in [-0.2, -0.15) is 0 Å². The minimum Gasteiger partial charge on any atom is -0.379 e. The van der Waals surface area contributed by atoms with Crippen LogP contribution in [0, 0.1) is 0 Å². The Balaban J connectivity index is 2.97. The third-order valence-electron chi connectivity index (χ3n) is 1.07. The molecule has 0 N–H and O–H groups in total. The predicted molar refractivity (Wildman–Crippen MR) is 37.9 cm³/mol. The molecule has 0 aliphatic rings. The summed E-state index contributed by atoms with van der Waals surface area (Å²) >= 11 is 0. The molecule has 0 aromatic rings. The minimum absolute atomic E-state index is 0.188. The molecular formula is C7H14F2O2. The molecule has 0 radical (unpaired) electrons. The van der Waals surface area contributed by atoms with Crippen molar-refractivity contribution in [3.05, 3.63) is 0 Å². The van der Waals surface area contributed by atoms with Gasteiger partial charge in [0.2, 0.25) is 6.36 Å². The molecule has 11 heavy (non-hydrogen) atoms. The minimum atomic E-state index is -1.49. The Kier molecular flexibility index (Phi) is 7.72. The van der Waals surface area contributed by atoms with Crippen LogP contribution >= 0.6 is 0 Å². The lowest BCUT2D eigenvalue weighted by Crippen LogP contribution is -2.12. The summed E-state index contributed by atoms with van der Waals surface area (Å²) in [7, 11) is 0. The largest absolute Gasteiger partial charge is 0.379 e. The topological polar surface area (TPSA) is 18.5 Å². The molecule has 0 aromatic heterocycles. The summed E-state index contributed by atoms with van der Waals surface area (Å²) in [6.45, 7) is 2.30. The Morgan fingerprint density at radius 3 is 2.64 bits per heavy atom. The average Bonchev–Trinajstić information content (AvgIpc) is 1.99. The van der Waals surface area contributed by atoms with Crippen molar-refractivity contribution in [2.75, 3.05) is 26.5 Å². The van der Waals surface area contributed by atoms with Gasteiger partial charge in [-0.1, -0.05) is 0 Å². The van der Waals surface area contributed by atoms with Crippen molar-refractivity contribution in [3.63, 3.8) is 0 Å². The Bertz CT molecular complexity index is 80.8. The molecule has 0 saturated heterocycles. The fourth-order valence-corrected chi connectivity index (χ4v) is 0.548. The molecule has 0 fully saturated rings. The molecule has 0 amide bonds. The highest BCUT2D eigenvalue weighted by Crippen LogP contribution is 1.99. The van der Waals surface area contributed by atoms with E-state index in [-0.39, 0.29) is 13.0 Å². The van der Waals surface area contributed by atoms with Crippen LogP contribution in [0.4, 0.5) is 8.78 Å². The maximum absolute atomic E-state index is 12.3. The maximum atomic E-state index is 12.3. The van der Waals surface area contributed by atoms with Crippen LogP contribution in [0.5, 0.6) is 0 Å². The molecule has 68 valence electrons. The van der Waals surface area contributed by atoms with Crippen molar-refractivity contribution in [2.24, 2.45) is 0 Å². The van der Waals surface area contributed by atoms with Gasteiger partial charge in [0.25, 0.3) is 0 Å². The first-order chi connectivity index (χ1) is 5.31. The zero-order chi connectivity index (χ0) is 8.53. The van der Waals surface area contributed by atoms with Gasteiger partial charge in [-0.15, -0.1) is 0 Å². The fraction of sp³-hybridized carbons (Fsp3) is 1.00. The second kappa shape index (κ2) is 7.88. The zero-order valence-corrected chi connectivity index (χ0v) is 6.69. The summed E-state index contributed by atoms with van der Waals surface area (Å²) in [6, 6.07) is 0. The van der Waals surface area contributed by atoms with Gasteiger partial charge in [-0.3, -0.25) is 4.39 Å². The molecule has 2 nitrogen and oxygen atoms in total. The SMILES string of the molecule is CCOCCOC(F)CCF. The second-order valence-corrected chi connectivity index (χ2v) is 1.96. The summed E-state index contributed by atoms with van der Waals surface area (Å²) in [6.07, 6.45) is -1.67. The van der Waals surface area contributed by atoms with Crippen LogP contribution in [0.25, 0.3) is 0 Å². The van der Waals surface area contributed by atoms with Crippen LogP contribution in [0.1, 0.15) is 13.3 Å². The van der Waals surface area contributed by atoms with Crippen molar-refractivity contribution in [2.45, 2.75) is 19.7 Å². The van der Waals surface area contributed by atoms with E-state index in [1.165, 1.54) is 0 Å². The smallest absolute Gasteiger partial charge is 0.201 e. The van der Waals surface area contributed by atoms with Gasteiger partial charge in [0, 0.05) is 13.0 Å². The van der Waals surface area contributed by atoms with Crippen molar-refractivity contribution in [1.82, 2.24) is 0 Å². The third-order valence-corrected chi connectivity index (χ3v) is 1.07. The van der Waals surface area contributed by atoms with Crippen LogP contribution in [0.2, 0.25) is 0 Å². The van der Waals surface area contributed by atoms with E-state index in [1.807, 2.05) is 6.92 Å². The van der Waals surface area contributed by atoms with Gasteiger partial charge < -0.3 is 9.47 Å². The average molecular weight is 168 g/mol. The number of halogens is 2. The quantitative estimate of drug-likeness (QED) is 0.538. The Morgan fingerprint density at radius 2 is 2.09 bits per heavy atom. The van der Waals surface area contributed by atoms with E-state index in [0.717, 1.165) is 0 Å². The van der Waals surface area contributed by atoms with Crippen molar-refractivity contribution in [1.29, 1.82) is 0 Å². The molecule has 0 spiro atoms. The first-order valence-electron chi connectivity index (χ1n) is 3.70. The first kappa shape index (κ1) is 10.8. The van der Waals surface area contributed by atoms with Gasteiger partial charge in [0.05, 0.1) is 19.9 Å². The lowest BCUT2D eigenvalue weighted by Gasteiger charge is -2.06. The van der Waals surface area contributed by atoms with Gasteiger partial charge >= 0.3 is 0 Å². The highest BCUT2D eigenvalue weighted by molar-refractivity contribution is 4.40. The molecule has 0 bridgehead atoms. The van der Waals surface area contributed by atoms with Gasteiger partial charge in [-0.05, 0) is 6.92 Å². The fourth-order valence-electron chi connectivity index (χ4n) is 0.548. The highest BCUT2D eigenvalue weighted by atomic mass is 19.2. The lowest BCUT2D eigenvalue weighted by atomic mass is 10.5. The highest BCUT2D eigenvalue weighted by Gasteiger charge is 2.04. The summed E-state index contributed by atoms with van der Waals surface area (Å²) in [5.74, 6) is 0. The molecule has 0 saturated carbocycles. The van der Waals surface area contributed by atoms with E-state index >= 15 is 0 Å². The molecule has 1 unspecified atom stereocenters. The molecule has 4 heteroatoms. The van der Waals surface area contributed by atoms with E-state index in [0.29, 0.717) is 13.2 Å². The molecule has 0 aliphatic carbocycles. The van der Waals surface area contributed by atoms with E-state index in [2.05, 4.69) is 4.74 Å². The number of hydrogen-bond acceptors (Lipinski definition) is 2. The zero-order valence-electron chi connectivity index (χ0n) is 6.69. The lowest BCUT2D eigenvalue weighted by molar-refractivity contribution is -0.0658. The Hall–Kier alpha value is -0.220.